The van der Waals surface area contributed by atoms with Crippen molar-refractivity contribution in [2.45, 2.75) is 17.2 Å². The van der Waals surface area contributed by atoms with Gasteiger partial charge in [-0.05, 0) is 54.4 Å². The molecule has 0 aliphatic carbocycles. The maximum absolute atomic E-state index is 13.4. The number of hydrogen-bond donors (Lipinski definition) is 0. The highest BCUT2D eigenvalue weighted by Gasteiger charge is 2.37. The molecule has 0 aliphatic heterocycles. The molecule has 0 saturated heterocycles. The van der Waals surface area contributed by atoms with E-state index < -0.39 is 33.8 Å². The predicted molar refractivity (Wildman–Crippen MR) is 104 cm³/mol. The average Bonchev–Trinajstić information content (AvgIpc) is 2.71. The Morgan fingerprint density at radius 3 is 1.72 bits per heavy atom. The Labute approximate surface area is 168 Å². The van der Waals surface area contributed by atoms with E-state index in [4.69, 9.17) is 4.18 Å². The fourth-order valence-electron chi connectivity index (χ4n) is 2.90. The maximum atomic E-state index is 13.4. The molecule has 29 heavy (non-hydrogen) atoms. The number of rotatable bonds is 6. The first kappa shape index (κ1) is 20.6. The van der Waals surface area contributed by atoms with Gasteiger partial charge in [0.1, 0.15) is 17.0 Å². The standard InChI is InChI=1S/C22H17F2NO3S/c1-16-2-12-21(13-3-16)29(26,27)28-15-22(14-25,17-4-8-19(23)9-5-17)18-6-10-20(24)11-7-18/h2-13H,15H2,1H3. The molecule has 0 spiro atoms. The molecule has 3 rings (SSSR count). The first-order chi connectivity index (χ1) is 13.8. The van der Waals surface area contributed by atoms with Crippen molar-refractivity contribution < 1.29 is 21.4 Å². The summed E-state index contributed by atoms with van der Waals surface area (Å²) in [4.78, 5) is -0.0480. The third kappa shape index (κ3) is 4.34. The lowest BCUT2D eigenvalue weighted by molar-refractivity contribution is 0.277. The third-order valence-corrected chi connectivity index (χ3v) is 5.88. The van der Waals surface area contributed by atoms with Crippen molar-refractivity contribution in [1.29, 1.82) is 5.26 Å². The van der Waals surface area contributed by atoms with Crippen LogP contribution < -0.4 is 0 Å². The summed E-state index contributed by atoms with van der Waals surface area (Å²) in [6.45, 7) is 1.26. The molecular formula is C22H17F2NO3S. The first-order valence-electron chi connectivity index (χ1n) is 8.66. The molecule has 0 N–H and O–H groups in total. The van der Waals surface area contributed by atoms with Crippen LogP contribution in [0.15, 0.2) is 77.7 Å². The van der Waals surface area contributed by atoms with E-state index in [2.05, 4.69) is 6.07 Å². The summed E-state index contributed by atoms with van der Waals surface area (Å²) in [6, 6.07) is 18.4. The smallest absolute Gasteiger partial charge is 0.264 e. The van der Waals surface area contributed by atoms with Crippen LogP contribution in [0.2, 0.25) is 0 Å². The second kappa shape index (κ2) is 8.11. The van der Waals surface area contributed by atoms with Gasteiger partial charge < -0.3 is 0 Å². The summed E-state index contributed by atoms with van der Waals surface area (Å²) in [7, 11) is -4.15. The zero-order valence-electron chi connectivity index (χ0n) is 15.5. The van der Waals surface area contributed by atoms with Crippen molar-refractivity contribution in [1.82, 2.24) is 0 Å². The van der Waals surface area contributed by atoms with Crippen molar-refractivity contribution in [2.24, 2.45) is 0 Å². The average molecular weight is 413 g/mol. The Balaban J connectivity index is 2.03. The van der Waals surface area contributed by atoms with E-state index in [1.165, 1.54) is 60.7 Å². The maximum Gasteiger partial charge on any atom is 0.297 e. The van der Waals surface area contributed by atoms with Gasteiger partial charge in [0.25, 0.3) is 10.1 Å². The lowest BCUT2D eigenvalue weighted by atomic mass is 9.76. The van der Waals surface area contributed by atoms with Crippen LogP contribution in [-0.4, -0.2) is 15.0 Å². The van der Waals surface area contributed by atoms with E-state index >= 15 is 0 Å². The molecule has 0 aliphatic rings. The Morgan fingerprint density at radius 2 is 1.31 bits per heavy atom. The van der Waals surface area contributed by atoms with Crippen LogP contribution in [0.1, 0.15) is 16.7 Å². The summed E-state index contributed by atoms with van der Waals surface area (Å²) in [5.74, 6) is -1.01. The van der Waals surface area contributed by atoms with Crippen LogP contribution in [0.5, 0.6) is 0 Å². The van der Waals surface area contributed by atoms with Crippen LogP contribution >= 0.6 is 0 Å². The Morgan fingerprint density at radius 1 is 0.862 bits per heavy atom. The number of benzene rings is 3. The number of aryl methyl sites for hydroxylation is 1. The van der Waals surface area contributed by atoms with E-state index in [0.717, 1.165) is 5.56 Å². The molecule has 0 heterocycles. The lowest BCUT2D eigenvalue weighted by Gasteiger charge is -2.27. The van der Waals surface area contributed by atoms with Crippen molar-refractivity contribution in [2.75, 3.05) is 6.61 Å². The van der Waals surface area contributed by atoms with Crippen LogP contribution in [-0.2, 0) is 19.7 Å². The van der Waals surface area contributed by atoms with Gasteiger partial charge >= 0.3 is 0 Å². The monoisotopic (exact) mass is 413 g/mol. The molecule has 7 heteroatoms. The molecule has 0 saturated carbocycles. The van der Waals surface area contributed by atoms with Crippen LogP contribution in [0, 0.1) is 29.9 Å². The molecule has 0 unspecified atom stereocenters. The molecule has 0 atom stereocenters. The summed E-state index contributed by atoms with van der Waals surface area (Å²) in [6.07, 6.45) is 0. The zero-order chi connectivity index (χ0) is 21.1. The Bertz CT molecular complexity index is 1090. The fourth-order valence-corrected chi connectivity index (χ4v) is 3.84. The molecular weight excluding hydrogens is 396 g/mol. The first-order valence-corrected chi connectivity index (χ1v) is 10.1. The van der Waals surface area contributed by atoms with E-state index in [0.29, 0.717) is 11.1 Å². The van der Waals surface area contributed by atoms with Gasteiger partial charge in [-0.3, -0.25) is 4.18 Å². The molecule has 0 radical (unpaired) electrons. The third-order valence-electron chi connectivity index (χ3n) is 4.61. The highest BCUT2D eigenvalue weighted by Crippen LogP contribution is 2.34. The molecule has 4 nitrogen and oxygen atoms in total. The highest BCUT2D eigenvalue weighted by atomic mass is 32.2. The number of hydrogen-bond acceptors (Lipinski definition) is 4. The van der Waals surface area contributed by atoms with Crippen molar-refractivity contribution >= 4 is 10.1 Å². The predicted octanol–water partition coefficient (Wildman–Crippen LogP) is 4.49. The van der Waals surface area contributed by atoms with Gasteiger partial charge in [-0.1, -0.05) is 42.0 Å². The summed E-state index contributed by atoms with van der Waals surface area (Å²) >= 11 is 0. The summed E-state index contributed by atoms with van der Waals surface area (Å²) in [5.41, 5.74) is -0.0497. The number of nitriles is 1. The van der Waals surface area contributed by atoms with Crippen molar-refractivity contribution in [3.8, 4) is 6.07 Å². The van der Waals surface area contributed by atoms with Gasteiger partial charge in [-0.2, -0.15) is 13.7 Å². The zero-order valence-corrected chi connectivity index (χ0v) is 16.3. The Kier molecular flexibility index (Phi) is 5.78. The molecule has 3 aromatic rings. The molecule has 3 aromatic carbocycles. The molecule has 0 amide bonds. The van der Waals surface area contributed by atoms with Gasteiger partial charge in [0, 0.05) is 0 Å². The van der Waals surface area contributed by atoms with E-state index in [9.17, 15) is 22.5 Å². The molecule has 0 fully saturated rings. The fraction of sp³-hybridized carbons (Fsp3) is 0.136. The minimum Gasteiger partial charge on any atom is -0.264 e. The van der Waals surface area contributed by atoms with E-state index in [-0.39, 0.29) is 4.90 Å². The quantitative estimate of drug-likeness (QED) is 0.559. The normalized spacial score (nSPS) is 11.8. The van der Waals surface area contributed by atoms with Gasteiger partial charge in [0.05, 0.1) is 17.6 Å². The van der Waals surface area contributed by atoms with E-state index in [1.54, 1.807) is 12.1 Å². The lowest BCUT2D eigenvalue weighted by Crippen LogP contribution is -2.33. The van der Waals surface area contributed by atoms with E-state index in [1.807, 2.05) is 6.92 Å². The SMILES string of the molecule is Cc1ccc(S(=O)(=O)OCC(C#N)(c2ccc(F)cc2)c2ccc(F)cc2)cc1. The highest BCUT2D eigenvalue weighted by molar-refractivity contribution is 7.86. The van der Waals surface area contributed by atoms with Gasteiger partial charge in [-0.15, -0.1) is 0 Å². The second-order valence-corrected chi connectivity index (χ2v) is 8.18. The minimum absolute atomic E-state index is 0.0480. The van der Waals surface area contributed by atoms with Gasteiger partial charge in [0.2, 0.25) is 0 Å². The number of nitrogens with zero attached hydrogens (tertiary/aromatic N) is 1. The van der Waals surface area contributed by atoms with Gasteiger partial charge in [0.15, 0.2) is 0 Å². The largest absolute Gasteiger partial charge is 0.297 e. The van der Waals surface area contributed by atoms with Crippen molar-refractivity contribution in [3.05, 3.63) is 101 Å². The minimum atomic E-state index is -4.15. The molecule has 148 valence electrons. The van der Waals surface area contributed by atoms with Crippen LogP contribution in [0.25, 0.3) is 0 Å². The number of halogens is 2. The van der Waals surface area contributed by atoms with Crippen LogP contribution in [0.3, 0.4) is 0 Å². The summed E-state index contributed by atoms with van der Waals surface area (Å²) < 4.78 is 57.3. The van der Waals surface area contributed by atoms with Crippen molar-refractivity contribution in [3.63, 3.8) is 0 Å². The molecule has 0 bridgehead atoms. The van der Waals surface area contributed by atoms with Crippen LogP contribution in [0.4, 0.5) is 8.78 Å². The second-order valence-electron chi connectivity index (χ2n) is 6.56. The Hall–Kier alpha value is -3.08. The van der Waals surface area contributed by atoms with Gasteiger partial charge in [-0.25, -0.2) is 8.78 Å². The topological polar surface area (TPSA) is 67.2 Å². The summed E-state index contributed by atoms with van der Waals surface area (Å²) in [5, 5.41) is 10.0. The molecule has 0 aromatic heterocycles.